The van der Waals surface area contributed by atoms with Gasteiger partial charge in [0.2, 0.25) is 0 Å². The molecule has 0 aliphatic heterocycles. The van der Waals surface area contributed by atoms with Crippen molar-refractivity contribution < 1.29 is 0 Å². The summed E-state index contributed by atoms with van der Waals surface area (Å²) >= 11 is 5.87. The lowest BCUT2D eigenvalue weighted by molar-refractivity contribution is 0.624. The van der Waals surface area contributed by atoms with Gasteiger partial charge in [0.25, 0.3) is 0 Å². The van der Waals surface area contributed by atoms with Gasteiger partial charge < -0.3 is 15.2 Å². The number of guanidine groups is 1. The highest BCUT2D eigenvalue weighted by Gasteiger charge is 1.98. The molecule has 7 heteroatoms. The molecule has 2 rings (SSSR count). The van der Waals surface area contributed by atoms with Gasteiger partial charge in [0.05, 0.1) is 6.33 Å². The summed E-state index contributed by atoms with van der Waals surface area (Å²) < 4.78 is 2.06. The van der Waals surface area contributed by atoms with Crippen LogP contribution in [0.5, 0.6) is 0 Å². The first-order valence-corrected chi connectivity index (χ1v) is 7.30. The molecule has 5 nitrogen and oxygen atoms in total. The number of hydrogen-bond donors (Lipinski definition) is 2. The number of nitrogens with zero attached hydrogens (tertiary/aromatic N) is 3. The van der Waals surface area contributed by atoms with Crippen LogP contribution in [0.4, 0.5) is 0 Å². The fourth-order valence-corrected chi connectivity index (χ4v) is 2.02. The van der Waals surface area contributed by atoms with Crippen molar-refractivity contribution in [2.75, 3.05) is 13.6 Å². The van der Waals surface area contributed by atoms with E-state index in [-0.39, 0.29) is 24.0 Å². The predicted molar refractivity (Wildman–Crippen MR) is 102 cm³/mol. The number of imidazole rings is 1. The monoisotopic (exact) mass is 433 g/mol. The van der Waals surface area contributed by atoms with Crippen LogP contribution in [0.3, 0.4) is 0 Å². The van der Waals surface area contributed by atoms with Crippen molar-refractivity contribution in [3.8, 4) is 0 Å². The number of nitrogens with one attached hydrogen (secondary N) is 2. The average molecular weight is 434 g/mol. The topological polar surface area (TPSA) is 54.2 Å². The maximum absolute atomic E-state index is 5.87. The molecular formula is C15H21ClIN5. The molecule has 0 aliphatic rings. The zero-order valence-corrected chi connectivity index (χ0v) is 15.6. The Morgan fingerprint density at radius 2 is 2.05 bits per heavy atom. The second kappa shape index (κ2) is 10.4. The van der Waals surface area contributed by atoms with Crippen molar-refractivity contribution >= 4 is 41.5 Å². The molecule has 0 bridgehead atoms. The number of aryl methyl sites for hydroxylation is 1. The van der Waals surface area contributed by atoms with Crippen LogP contribution in [0.2, 0.25) is 5.02 Å². The molecule has 0 atom stereocenters. The Labute approximate surface area is 153 Å². The van der Waals surface area contributed by atoms with Gasteiger partial charge >= 0.3 is 0 Å². The van der Waals surface area contributed by atoms with E-state index in [1.54, 1.807) is 13.2 Å². The molecule has 0 saturated heterocycles. The number of aliphatic imine (C=N–C) groups is 1. The van der Waals surface area contributed by atoms with Gasteiger partial charge in [0.15, 0.2) is 5.96 Å². The van der Waals surface area contributed by atoms with Crippen LogP contribution < -0.4 is 10.6 Å². The Morgan fingerprint density at radius 1 is 1.27 bits per heavy atom. The lowest BCUT2D eigenvalue weighted by Crippen LogP contribution is -2.37. The fourth-order valence-electron chi connectivity index (χ4n) is 1.90. The number of halogens is 2. The van der Waals surface area contributed by atoms with Crippen molar-refractivity contribution in [1.29, 1.82) is 0 Å². The predicted octanol–water partition coefficient (Wildman–Crippen LogP) is 2.91. The maximum Gasteiger partial charge on any atom is 0.191 e. The third kappa shape index (κ3) is 6.65. The van der Waals surface area contributed by atoms with Gasteiger partial charge in [0, 0.05) is 44.1 Å². The van der Waals surface area contributed by atoms with Crippen LogP contribution in [-0.4, -0.2) is 29.1 Å². The van der Waals surface area contributed by atoms with Gasteiger partial charge in [-0.1, -0.05) is 23.7 Å². The molecule has 1 aromatic heterocycles. The molecule has 0 amide bonds. The van der Waals surface area contributed by atoms with Gasteiger partial charge in [0.1, 0.15) is 0 Å². The lowest BCUT2D eigenvalue weighted by atomic mass is 10.2. The summed E-state index contributed by atoms with van der Waals surface area (Å²) in [6.07, 6.45) is 6.60. The summed E-state index contributed by atoms with van der Waals surface area (Å²) in [5, 5.41) is 7.32. The molecule has 2 aromatic rings. The van der Waals surface area contributed by atoms with Crippen molar-refractivity contribution in [2.24, 2.45) is 4.99 Å². The van der Waals surface area contributed by atoms with Crippen molar-refractivity contribution in [3.63, 3.8) is 0 Å². The van der Waals surface area contributed by atoms with Crippen LogP contribution in [0.1, 0.15) is 12.0 Å². The molecule has 0 spiro atoms. The maximum atomic E-state index is 5.87. The van der Waals surface area contributed by atoms with Crippen molar-refractivity contribution in [2.45, 2.75) is 19.5 Å². The van der Waals surface area contributed by atoms with E-state index < -0.39 is 0 Å². The number of aromatic nitrogens is 2. The van der Waals surface area contributed by atoms with Gasteiger partial charge in [-0.3, -0.25) is 4.99 Å². The van der Waals surface area contributed by atoms with Crippen molar-refractivity contribution in [3.05, 3.63) is 53.6 Å². The second-order valence-corrected chi connectivity index (χ2v) is 5.07. The summed E-state index contributed by atoms with van der Waals surface area (Å²) in [6.45, 7) is 2.53. The zero-order valence-electron chi connectivity index (χ0n) is 12.5. The molecule has 0 saturated carbocycles. The highest BCUT2D eigenvalue weighted by molar-refractivity contribution is 14.0. The molecule has 1 aromatic carbocycles. The Hall–Kier alpha value is -1.28. The van der Waals surface area contributed by atoms with Crippen LogP contribution in [-0.2, 0) is 13.1 Å². The smallest absolute Gasteiger partial charge is 0.191 e. The lowest BCUT2D eigenvalue weighted by Gasteiger charge is -2.12. The summed E-state index contributed by atoms with van der Waals surface area (Å²) in [4.78, 5) is 8.22. The second-order valence-electron chi connectivity index (χ2n) is 4.63. The summed E-state index contributed by atoms with van der Waals surface area (Å²) in [6, 6.07) is 7.78. The molecule has 120 valence electrons. The van der Waals surface area contributed by atoms with E-state index >= 15 is 0 Å². The first kappa shape index (κ1) is 18.8. The molecule has 0 unspecified atom stereocenters. The Morgan fingerprint density at radius 3 is 2.68 bits per heavy atom. The van der Waals surface area contributed by atoms with Gasteiger partial charge in [-0.15, -0.1) is 24.0 Å². The van der Waals surface area contributed by atoms with E-state index in [1.165, 1.54) is 5.56 Å². The highest BCUT2D eigenvalue weighted by atomic mass is 127. The zero-order chi connectivity index (χ0) is 14.9. The first-order chi connectivity index (χ1) is 10.3. The van der Waals surface area contributed by atoms with Gasteiger partial charge in [-0.25, -0.2) is 4.98 Å². The van der Waals surface area contributed by atoms with Crippen molar-refractivity contribution in [1.82, 2.24) is 20.2 Å². The SMILES string of the molecule is CN=C(NCCCn1ccnc1)NCc1ccc(Cl)cc1.I. The first-order valence-electron chi connectivity index (χ1n) is 6.92. The summed E-state index contributed by atoms with van der Waals surface area (Å²) in [5.41, 5.74) is 1.17. The van der Waals surface area contributed by atoms with Crippen LogP contribution >= 0.6 is 35.6 Å². The quantitative estimate of drug-likeness (QED) is 0.319. The molecule has 22 heavy (non-hydrogen) atoms. The summed E-state index contributed by atoms with van der Waals surface area (Å²) in [7, 11) is 1.77. The molecule has 0 aliphatic carbocycles. The third-order valence-electron chi connectivity index (χ3n) is 3.04. The van der Waals surface area contributed by atoms with E-state index in [0.717, 1.165) is 37.0 Å². The normalized spacial score (nSPS) is 10.9. The van der Waals surface area contributed by atoms with Crippen LogP contribution in [0, 0.1) is 0 Å². The minimum atomic E-state index is 0. The Bertz CT molecular complexity index is 554. The van der Waals surface area contributed by atoms with E-state index in [9.17, 15) is 0 Å². The number of hydrogen-bond acceptors (Lipinski definition) is 2. The van der Waals surface area contributed by atoms with E-state index in [0.29, 0.717) is 0 Å². The standard InChI is InChI=1S/C15H20ClN5.HI/c1-17-15(19-7-2-9-21-10-8-18-12-21)20-11-13-3-5-14(16)6-4-13;/h3-6,8,10,12H,2,7,9,11H2,1H3,(H2,17,19,20);1H. The van der Waals surface area contributed by atoms with Gasteiger partial charge in [-0.2, -0.15) is 0 Å². The van der Waals surface area contributed by atoms with E-state index in [4.69, 9.17) is 11.6 Å². The Kier molecular flexibility index (Phi) is 8.91. The third-order valence-corrected chi connectivity index (χ3v) is 3.29. The molecule has 2 N–H and O–H groups in total. The number of rotatable bonds is 6. The largest absolute Gasteiger partial charge is 0.356 e. The average Bonchev–Trinajstić information content (AvgIpc) is 3.01. The molecule has 0 fully saturated rings. The minimum absolute atomic E-state index is 0. The molecular weight excluding hydrogens is 413 g/mol. The van der Waals surface area contributed by atoms with E-state index in [2.05, 4.69) is 25.2 Å². The molecule has 0 radical (unpaired) electrons. The van der Waals surface area contributed by atoms with Gasteiger partial charge in [-0.05, 0) is 24.1 Å². The summed E-state index contributed by atoms with van der Waals surface area (Å²) in [5.74, 6) is 0.801. The number of benzene rings is 1. The Balaban J connectivity index is 0.00000242. The van der Waals surface area contributed by atoms with E-state index in [1.807, 2.05) is 36.8 Å². The highest BCUT2D eigenvalue weighted by Crippen LogP contribution is 2.08. The molecule has 1 heterocycles. The van der Waals surface area contributed by atoms with Crippen LogP contribution in [0.25, 0.3) is 0 Å². The minimum Gasteiger partial charge on any atom is -0.356 e. The van der Waals surface area contributed by atoms with Crippen LogP contribution in [0.15, 0.2) is 48.0 Å². The fraction of sp³-hybridized carbons (Fsp3) is 0.333.